The normalized spacial score (nSPS) is 22.4. The first-order valence-electron chi connectivity index (χ1n) is 8.58. The summed E-state index contributed by atoms with van der Waals surface area (Å²) in [5, 5.41) is 31.6. The van der Waals surface area contributed by atoms with Crippen molar-refractivity contribution >= 4 is 13.5 Å². The Morgan fingerprint density at radius 2 is 2.03 bits per heavy atom. The van der Waals surface area contributed by atoms with Crippen LogP contribution in [0.5, 0.6) is 11.6 Å². The van der Waals surface area contributed by atoms with E-state index in [0.29, 0.717) is 0 Å². The number of non-ortho nitro benzene ring substituents is 1. The molecule has 13 nitrogen and oxygen atoms in total. The van der Waals surface area contributed by atoms with Gasteiger partial charge in [0.25, 0.3) is 5.69 Å². The zero-order valence-electron chi connectivity index (χ0n) is 16.5. The van der Waals surface area contributed by atoms with E-state index in [9.17, 15) is 34.6 Å². The fourth-order valence-corrected chi connectivity index (χ4v) is 3.85. The Bertz CT molecular complexity index is 1050. The number of phosphoric acid groups is 1. The van der Waals surface area contributed by atoms with E-state index < -0.39 is 49.4 Å². The van der Waals surface area contributed by atoms with Gasteiger partial charge in [0.05, 0.1) is 11.5 Å². The van der Waals surface area contributed by atoms with E-state index in [1.807, 2.05) is 0 Å². The Morgan fingerprint density at radius 1 is 1.39 bits per heavy atom. The number of aliphatic hydroxyl groups is 1. The van der Waals surface area contributed by atoms with Crippen LogP contribution < -0.4 is 44.9 Å². The van der Waals surface area contributed by atoms with E-state index in [1.165, 1.54) is 13.1 Å². The third-order valence-electron chi connectivity index (χ3n) is 4.30. The van der Waals surface area contributed by atoms with Crippen LogP contribution in [0.25, 0.3) is 0 Å². The number of hydrogen-bond acceptors (Lipinski definition) is 10. The second-order valence-corrected chi connectivity index (χ2v) is 7.75. The SMILES string of the molecule is Cc1cn([C@H]2C[C@H](OP(=O)(O)Oc3ccc([N+](=O)[O-])cc3)[C@@H](CO)O2)c(=O)nc1[O-].[Na+]. The van der Waals surface area contributed by atoms with Gasteiger partial charge >= 0.3 is 43.1 Å². The van der Waals surface area contributed by atoms with Crippen LogP contribution in [0.1, 0.15) is 18.2 Å². The zero-order valence-corrected chi connectivity index (χ0v) is 19.4. The molecule has 1 saturated heterocycles. The minimum Gasteiger partial charge on any atom is -0.858 e. The zero-order chi connectivity index (χ0) is 22.1. The van der Waals surface area contributed by atoms with Crippen LogP contribution in [0.2, 0.25) is 0 Å². The van der Waals surface area contributed by atoms with Crippen molar-refractivity contribution < 1.29 is 67.9 Å². The quantitative estimate of drug-likeness (QED) is 0.189. The minimum absolute atomic E-state index is 0. The molecule has 2 N–H and O–H groups in total. The van der Waals surface area contributed by atoms with Gasteiger partial charge in [-0.2, -0.15) is 0 Å². The first-order chi connectivity index (χ1) is 14.1. The molecule has 0 saturated carbocycles. The number of aryl methyl sites for hydroxylation is 1. The summed E-state index contributed by atoms with van der Waals surface area (Å²) in [7, 11) is -4.71. The molecule has 1 aromatic carbocycles. The largest absolute Gasteiger partial charge is 1.00 e. The summed E-state index contributed by atoms with van der Waals surface area (Å²) in [6.07, 6.45) is -2.06. The summed E-state index contributed by atoms with van der Waals surface area (Å²) in [4.78, 5) is 35.4. The van der Waals surface area contributed by atoms with Gasteiger partial charge in [-0.1, -0.05) is 0 Å². The number of nitro benzene ring substituents is 1. The van der Waals surface area contributed by atoms with Crippen LogP contribution in [0.15, 0.2) is 35.3 Å². The van der Waals surface area contributed by atoms with Gasteiger partial charge in [-0.25, -0.2) is 14.3 Å². The third-order valence-corrected chi connectivity index (χ3v) is 5.27. The van der Waals surface area contributed by atoms with E-state index >= 15 is 0 Å². The molecule has 15 heteroatoms. The van der Waals surface area contributed by atoms with Crippen LogP contribution in [-0.4, -0.2) is 43.3 Å². The molecule has 1 aromatic heterocycles. The van der Waals surface area contributed by atoms with E-state index in [0.717, 1.165) is 28.8 Å². The van der Waals surface area contributed by atoms with Crippen molar-refractivity contribution in [2.45, 2.75) is 31.8 Å². The first-order valence-corrected chi connectivity index (χ1v) is 10.1. The van der Waals surface area contributed by atoms with Crippen LogP contribution >= 0.6 is 7.82 Å². The molecular formula is C16H17N3NaO10P. The number of aromatic nitrogens is 2. The van der Waals surface area contributed by atoms with E-state index in [2.05, 4.69) is 4.98 Å². The standard InChI is InChI=1S/C16H18N3O10P.Na/c1-9-7-18(16(22)17-15(9)21)14-6-12(13(8-20)27-14)29-30(25,26)28-11-4-2-10(3-5-11)19(23)24;/h2-5,7,12-14,20H,6,8H2,1H3,(H,25,26)(H,17,21,22);/q;+1/p-1/t12-,13+,14+;/m0./s1. The summed E-state index contributed by atoms with van der Waals surface area (Å²) >= 11 is 0. The van der Waals surface area contributed by atoms with Crippen molar-refractivity contribution in [1.82, 2.24) is 9.55 Å². The average molecular weight is 465 g/mol. The summed E-state index contributed by atoms with van der Waals surface area (Å²) in [6, 6.07) is 4.42. The molecule has 4 atom stereocenters. The third kappa shape index (κ3) is 6.11. The monoisotopic (exact) mass is 465 g/mol. The Kier molecular flexibility index (Phi) is 8.36. The molecule has 1 unspecified atom stereocenters. The fourth-order valence-electron chi connectivity index (χ4n) is 2.86. The van der Waals surface area contributed by atoms with Crippen molar-refractivity contribution in [1.29, 1.82) is 0 Å². The fraction of sp³-hybridized carbons (Fsp3) is 0.375. The Balaban J connectivity index is 0.00000341. The molecule has 31 heavy (non-hydrogen) atoms. The Labute approximate surface area is 197 Å². The number of phosphoric ester groups is 1. The van der Waals surface area contributed by atoms with Gasteiger partial charge in [-0.05, 0) is 30.5 Å². The molecule has 3 rings (SSSR count). The summed E-state index contributed by atoms with van der Waals surface area (Å²) in [5.41, 5.74) is -0.915. The van der Waals surface area contributed by atoms with Gasteiger partial charge < -0.3 is 19.5 Å². The molecule has 1 aliphatic heterocycles. The molecular weight excluding hydrogens is 448 g/mol. The number of rotatable bonds is 7. The number of aliphatic hydroxyl groups excluding tert-OH is 1. The number of hydrogen-bond donors (Lipinski definition) is 2. The van der Waals surface area contributed by atoms with Gasteiger partial charge in [0.15, 0.2) is 0 Å². The van der Waals surface area contributed by atoms with E-state index in [1.54, 1.807) is 0 Å². The van der Waals surface area contributed by atoms with Crippen LogP contribution in [-0.2, 0) is 13.8 Å². The van der Waals surface area contributed by atoms with Gasteiger partial charge in [0.2, 0.25) is 0 Å². The maximum Gasteiger partial charge on any atom is 1.00 e. The second kappa shape index (κ2) is 10.2. The molecule has 162 valence electrons. The molecule has 0 radical (unpaired) electrons. The molecule has 0 aliphatic carbocycles. The number of benzene rings is 1. The van der Waals surface area contributed by atoms with Gasteiger partial charge in [0, 0.05) is 24.8 Å². The summed E-state index contributed by atoms with van der Waals surface area (Å²) in [5.74, 6) is -0.832. The van der Waals surface area contributed by atoms with E-state index in [-0.39, 0.29) is 53.0 Å². The molecule has 1 fully saturated rings. The van der Waals surface area contributed by atoms with Gasteiger partial charge in [-0.3, -0.25) is 24.1 Å². The number of ether oxygens (including phenoxy) is 1. The molecule has 0 spiro atoms. The van der Waals surface area contributed by atoms with Crippen molar-refractivity contribution in [3.05, 3.63) is 56.6 Å². The number of nitro groups is 1. The second-order valence-electron chi connectivity index (χ2n) is 6.42. The first kappa shape index (κ1) is 25.4. The molecule has 0 bridgehead atoms. The summed E-state index contributed by atoms with van der Waals surface area (Å²) in [6.45, 7) is 0.872. The summed E-state index contributed by atoms with van der Waals surface area (Å²) < 4.78 is 28.9. The van der Waals surface area contributed by atoms with Crippen LogP contribution in [0, 0.1) is 17.0 Å². The Morgan fingerprint density at radius 3 is 2.61 bits per heavy atom. The minimum atomic E-state index is -4.71. The van der Waals surface area contributed by atoms with Crippen LogP contribution in [0.3, 0.4) is 0 Å². The predicted octanol–water partition coefficient (Wildman–Crippen LogP) is -2.62. The van der Waals surface area contributed by atoms with Crippen molar-refractivity contribution in [3.8, 4) is 11.6 Å². The molecule has 1 aliphatic rings. The average Bonchev–Trinajstić information content (AvgIpc) is 3.06. The predicted molar refractivity (Wildman–Crippen MR) is 96.7 cm³/mol. The molecule has 0 amide bonds. The van der Waals surface area contributed by atoms with Crippen LogP contribution in [0.4, 0.5) is 5.69 Å². The Hall–Kier alpha value is -1.83. The van der Waals surface area contributed by atoms with Crippen molar-refractivity contribution in [2.24, 2.45) is 0 Å². The van der Waals surface area contributed by atoms with Gasteiger partial charge in [0.1, 0.15) is 24.2 Å². The number of nitrogens with zero attached hydrogens (tertiary/aromatic N) is 3. The van der Waals surface area contributed by atoms with Crippen molar-refractivity contribution in [2.75, 3.05) is 6.61 Å². The smallest absolute Gasteiger partial charge is 0.858 e. The maximum atomic E-state index is 12.3. The molecule has 2 aromatic rings. The molecule has 2 heterocycles. The topological polar surface area (TPSA) is 186 Å². The maximum absolute atomic E-state index is 12.3. The van der Waals surface area contributed by atoms with Crippen molar-refractivity contribution in [3.63, 3.8) is 0 Å². The van der Waals surface area contributed by atoms with E-state index in [4.69, 9.17) is 13.8 Å². The van der Waals surface area contributed by atoms with Gasteiger partial charge in [-0.15, -0.1) is 0 Å².